The van der Waals surface area contributed by atoms with E-state index in [2.05, 4.69) is 0 Å². The van der Waals surface area contributed by atoms with E-state index in [1.165, 1.54) is 12.1 Å². The zero-order valence-corrected chi connectivity index (χ0v) is 13.5. The van der Waals surface area contributed by atoms with Gasteiger partial charge >= 0.3 is 6.18 Å². The summed E-state index contributed by atoms with van der Waals surface area (Å²) >= 11 is 0.317. The van der Waals surface area contributed by atoms with E-state index in [0.717, 1.165) is 24.3 Å². The van der Waals surface area contributed by atoms with Crippen LogP contribution in [0.15, 0.2) is 42.5 Å². The van der Waals surface area contributed by atoms with E-state index in [1.807, 2.05) is 0 Å². The Balaban J connectivity index is 2.08. The molecule has 0 bridgehead atoms. The summed E-state index contributed by atoms with van der Waals surface area (Å²) in [6.45, 7) is 1.65. The topological polar surface area (TPSA) is 0 Å². The molecule has 3 rings (SSSR count). The molecule has 0 spiro atoms. The molecule has 2 aromatic carbocycles. The van der Waals surface area contributed by atoms with E-state index in [9.17, 15) is 26.3 Å². The lowest BCUT2D eigenvalue weighted by atomic mass is 10.0. The Hall–Kier alpha value is -2.28. The molecule has 1 aromatic heterocycles. The highest BCUT2D eigenvalue weighted by atomic mass is 32.1. The van der Waals surface area contributed by atoms with Crippen LogP contribution in [0.25, 0.3) is 21.6 Å². The fraction of sp³-hybridized carbons (Fsp3) is 0.111. The number of halogens is 6. The van der Waals surface area contributed by atoms with E-state index in [0.29, 0.717) is 16.9 Å². The zero-order chi connectivity index (χ0) is 18.4. The minimum Gasteiger partial charge on any atom is -0.206 e. The van der Waals surface area contributed by atoms with Gasteiger partial charge in [0.2, 0.25) is 0 Å². The van der Waals surface area contributed by atoms with Crippen LogP contribution in [0.5, 0.6) is 0 Å². The van der Waals surface area contributed by atoms with E-state index in [1.54, 1.807) is 13.0 Å². The summed E-state index contributed by atoms with van der Waals surface area (Å²) in [4.78, 5) is -0.962. The minimum atomic E-state index is -4.55. The Kier molecular flexibility index (Phi) is 4.36. The molecular weight excluding hydrogens is 362 g/mol. The van der Waals surface area contributed by atoms with Gasteiger partial charge < -0.3 is 0 Å². The van der Waals surface area contributed by atoms with Gasteiger partial charge in [-0.05, 0) is 36.8 Å². The highest BCUT2D eigenvalue weighted by Crippen LogP contribution is 2.40. The van der Waals surface area contributed by atoms with Crippen LogP contribution in [-0.2, 0) is 6.18 Å². The van der Waals surface area contributed by atoms with Crippen LogP contribution in [0, 0.1) is 24.4 Å². The van der Waals surface area contributed by atoms with E-state index < -0.39 is 28.5 Å². The maximum absolute atomic E-state index is 14.4. The number of hydrogen-bond donors (Lipinski definition) is 0. The Morgan fingerprint density at radius 3 is 1.96 bits per heavy atom. The molecule has 3 aromatic rings. The van der Waals surface area contributed by atoms with Crippen molar-refractivity contribution in [3.63, 3.8) is 0 Å². The second-order valence-corrected chi connectivity index (χ2v) is 6.52. The maximum atomic E-state index is 14.4. The summed E-state index contributed by atoms with van der Waals surface area (Å²) < 4.78 is 80.7. The number of thiophene rings is 1. The largest absolute Gasteiger partial charge is 0.425 e. The number of hydrogen-bond acceptors (Lipinski definition) is 1. The fourth-order valence-electron chi connectivity index (χ4n) is 2.42. The number of aryl methyl sites for hydroxylation is 1. The quantitative estimate of drug-likeness (QED) is 0.433. The maximum Gasteiger partial charge on any atom is 0.425 e. The fourth-order valence-corrected chi connectivity index (χ4v) is 3.31. The molecular formula is C18H10F6S. The summed E-state index contributed by atoms with van der Waals surface area (Å²) in [6, 6.07) is 8.28. The highest BCUT2D eigenvalue weighted by Gasteiger charge is 2.33. The van der Waals surface area contributed by atoms with Crippen molar-refractivity contribution < 1.29 is 26.3 Å². The van der Waals surface area contributed by atoms with Gasteiger partial charge in [0.25, 0.3) is 0 Å². The number of benzene rings is 2. The van der Waals surface area contributed by atoms with Crippen LogP contribution in [0.4, 0.5) is 26.3 Å². The molecule has 0 aliphatic heterocycles. The second kappa shape index (κ2) is 6.22. The standard InChI is InChI=1S/C18H10F6S/c1-9-2-3-10(13(19)8-9)11-4-5-12(17(21)16(11)20)14-6-7-15(25-14)18(22,23)24/h2-8H,1H3. The van der Waals surface area contributed by atoms with Crippen LogP contribution in [-0.4, -0.2) is 0 Å². The molecule has 7 heteroatoms. The Labute approximate surface area is 143 Å². The van der Waals surface area contributed by atoms with Crippen molar-refractivity contribution >= 4 is 11.3 Å². The number of alkyl halides is 3. The molecule has 0 unspecified atom stereocenters. The van der Waals surface area contributed by atoms with Gasteiger partial charge in [-0.3, -0.25) is 0 Å². The van der Waals surface area contributed by atoms with Crippen LogP contribution in [0.2, 0.25) is 0 Å². The molecule has 0 N–H and O–H groups in total. The average molecular weight is 372 g/mol. The molecule has 0 nitrogen and oxygen atoms in total. The number of rotatable bonds is 2. The molecule has 0 saturated heterocycles. The molecule has 0 aliphatic carbocycles. The lowest BCUT2D eigenvalue weighted by Gasteiger charge is -2.09. The van der Waals surface area contributed by atoms with Gasteiger partial charge in [0.05, 0.1) is 0 Å². The Morgan fingerprint density at radius 1 is 0.760 bits per heavy atom. The first-order valence-electron chi connectivity index (χ1n) is 7.10. The van der Waals surface area contributed by atoms with Crippen LogP contribution < -0.4 is 0 Å². The van der Waals surface area contributed by atoms with Crippen molar-refractivity contribution in [2.24, 2.45) is 0 Å². The van der Waals surface area contributed by atoms with Gasteiger partial charge in [0, 0.05) is 21.6 Å². The van der Waals surface area contributed by atoms with E-state index in [-0.39, 0.29) is 21.6 Å². The molecule has 130 valence electrons. The molecule has 0 fully saturated rings. The summed E-state index contributed by atoms with van der Waals surface area (Å²) in [5, 5.41) is 0. The van der Waals surface area contributed by atoms with Crippen LogP contribution in [0.3, 0.4) is 0 Å². The lowest BCUT2D eigenvalue weighted by molar-refractivity contribution is -0.134. The van der Waals surface area contributed by atoms with Gasteiger partial charge in [0.1, 0.15) is 10.7 Å². The molecule has 0 atom stereocenters. The molecule has 0 amide bonds. The summed E-state index contributed by atoms with van der Waals surface area (Å²) in [5.41, 5.74) is -0.0756. The van der Waals surface area contributed by atoms with E-state index in [4.69, 9.17) is 0 Å². The third kappa shape index (κ3) is 3.28. The van der Waals surface area contributed by atoms with Gasteiger partial charge in [-0.25, -0.2) is 13.2 Å². The first-order chi connectivity index (χ1) is 11.7. The van der Waals surface area contributed by atoms with Crippen LogP contribution in [0.1, 0.15) is 10.4 Å². The Morgan fingerprint density at radius 2 is 1.36 bits per heavy atom. The van der Waals surface area contributed by atoms with Gasteiger partial charge in [0.15, 0.2) is 11.6 Å². The van der Waals surface area contributed by atoms with E-state index >= 15 is 0 Å². The predicted molar refractivity (Wildman–Crippen MR) is 84.8 cm³/mol. The molecule has 0 radical (unpaired) electrons. The molecule has 0 saturated carbocycles. The van der Waals surface area contributed by atoms with Gasteiger partial charge in [-0.15, -0.1) is 11.3 Å². The average Bonchev–Trinajstić information content (AvgIpc) is 3.00. The monoisotopic (exact) mass is 372 g/mol. The first-order valence-corrected chi connectivity index (χ1v) is 7.92. The SMILES string of the molecule is Cc1ccc(-c2ccc(-c3ccc(C(F)(F)F)s3)c(F)c2F)c(F)c1. The summed E-state index contributed by atoms with van der Waals surface area (Å²) in [7, 11) is 0. The highest BCUT2D eigenvalue weighted by molar-refractivity contribution is 7.15. The predicted octanol–water partition coefficient (Wildman–Crippen LogP) is 6.83. The molecule has 25 heavy (non-hydrogen) atoms. The summed E-state index contributed by atoms with van der Waals surface area (Å²) in [6.07, 6.45) is -4.55. The van der Waals surface area contributed by atoms with Crippen molar-refractivity contribution in [1.82, 2.24) is 0 Å². The molecule has 0 aliphatic rings. The van der Waals surface area contributed by atoms with Gasteiger partial charge in [-0.2, -0.15) is 13.2 Å². The molecule has 1 heterocycles. The van der Waals surface area contributed by atoms with Crippen molar-refractivity contribution in [3.8, 4) is 21.6 Å². The van der Waals surface area contributed by atoms with Crippen molar-refractivity contribution in [2.45, 2.75) is 13.1 Å². The summed E-state index contributed by atoms with van der Waals surface area (Å²) in [5.74, 6) is -3.32. The third-order valence-corrected chi connectivity index (χ3v) is 4.81. The normalized spacial score (nSPS) is 11.8. The van der Waals surface area contributed by atoms with Crippen LogP contribution >= 0.6 is 11.3 Å². The Bertz CT molecular complexity index is 939. The van der Waals surface area contributed by atoms with Gasteiger partial charge in [-0.1, -0.05) is 18.2 Å². The van der Waals surface area contributed by atoms with Crippen molar-refractivity contribution in [3.05, 3.63) is 70.4 Å². The van der Waals surface area contributed by atoms with Crippen molar-refractivity contribution in [2.75, 3.05) is 0 Å². The smallest absolute Gasteiger partial charge is 0.206 e. The zero-order valence-electron chi connectivity index (χ0n) is 12.7. The first kappa shape index (κ1) is 17.5. The minimum absolute atomic E-state index is 0.0559. The lowest BCUT2D eigenvalue weighted by Crippen LogP contribution is -2.00. The third-order valence-electron chi connectivity index (χ3n) is 3.65. The second-order valence-electron chi connectivity index (χ2n) is 5.43. The van der Waals surface area contributed by atoms with Crippen molar-refractivity contribution in [1.29, 1.82) is 0 Å².